The van der Waals surface area contributed by atoms with E-state index in [9.17, 15) is 14.0 Å². The molecule has 0 radical (unpaired) electrons. The molecule has 0 atom stereocenters. The molecule has 7 nitrogen and oxygen atoms in total. The molecule has 40 heavy (non-hydrogen) atoms. The van der Waals surface area contributed by atoms with Gasteiger partial charge in [0, 0.05) is 23.3 Å². The monoisotopic (exact) mass is 563 g/mol. The highest BCUT2D eigenvalue weighted by Crippen LogP contribution is 2.39. The maximum absolute atomic E-state index is 15.4. The van der Waals surface area contributed by atoms with E-state index in [4.69, 9.17) is 21.1 Å². The number of anilines is 1. The van der Waals surface area contributed by atoms with Gasteiger partial charge in [0.15, 0.2) is 17.3 Å². The molecule has 5 aromatic rings. The fourth-order valence-corrected chi connectivity index (χ4v) is 4.73. The van der Waals surface area contributed by atoms with Crippen molar-refractivity contribution in [2.24, 2.45) is 7.05 Å². The molecule has 0 aliphatic carbocycles. The number of nitrogens with one attached hydrogen (secondary N) is 1. The third-order valence-corrected chi connectivity index (χ3v) is 6.61. The van der Waals surface area contributed by atoms with Crippen LogP contribution in [0.2, 0.25) is 5.02 Å². The number of ether oxygens (including phenoxy) is 2. The van der Waals surface area contributed by atoms with Crippen molar-refractivity contribution in [2.75, 3.05) is 12.4 Å². The Hall–Kier alpha value is -4.63. The van der Waals surface area contributed by atoms with Crippen LogP contribution in [0.1, 0.15) is 5.56 Å². The molecule has 0 saturated heterocycles. The van der Waals surface area contributed by atoms with Crippen molar-refractivity contribution in [2.45, 2.75) is 13.2 Å². The number of halogens is 3. The zero-order valence-corrected chi connectivity index (χ0v) is 22.3. The fourth-order valence-electron chi connectivity index (χ4n) is 4.52. The molecule has 4 aromatic carbocycles. The summed E-state index contributed by atoms with van der Waals surface area (Å²) in [5.41, 5.74) is 2.48. The molecule has 204 valence electrons. The molecule has 0 bridgehead atoms. The molecule has 0 aliphatic rings. The zero-order chi connectivity index (χ0) is 28.4. The number of rotatable bonds is 8. The normalized spacial score (nSPS) is 11.0. The van der Waals surface area contributed by atoms with Crippen molar-refractivity contribution in [1.29, 1.82) is 0 Å². The molecule has 10 heteroatoms. The first-order valence-electron chi connectivity index (χ1n) is 12.2. The smallest absolute Gasteiger partial charge is 0.329 e. The summed E-state index contributed by atoms with van der Waals surface area (Å²) in [7, 11) is 2.97. The Morgan fingerprint density at radius 1 is 1.00 bits per heavy atom. The number of nitrogens with zero attached hydrogens (tertiary/aromatic N) is 2. The lowest BCUT2D eigenvalue weighted by Gasteiger charge is -2.15. The van der Waals surface area contributed by atoms with Gasteiger partial charge in [-0.2, -0.15) is 0 Å². The lowest BCUT2D eigenvalue weighted by atomic mass is 10.0. The Kier molecular flexibility index (Phi) is 7.57. The largest absolute Gasteiger partial charge is 0.493 e. The number of aromatic nitrogens is 2. The second-order valence-electron chi connectivity index (χ2n) is 9.07. The van der Waals surface area contributed by atoms with Gasteiger partial charge in [0.25, 0.3) is 0 Å². The van der Waals surface area contributed by atoms with Crippen molar-refractivity contribution < 1.29 is 23.0 Å². The van der Waals surface area contributed by atoms with Crippen molar-refractivity contribution in [3.8, 4) is 22.6 Å². The van der Waals surface area contributed by atoms with Crippen molar-refractivity contribution in [3.05, 3.63) is 112 Å². The van der Waals surface area contributed by atoms with Gasteiger partial charge in [0.2, 0.25) is 5.91 Å². The van der Waals surface area contributed by atoms with Crippen molar-refractivity contribution >= 4 is 34.2 Å². The van der Waals surface area contributed by atoms with Gasteiger partial charge in [-0.05, 0) is 59.7 Å². The molecule has 0 saturated carbocycles. The minimum absolute atomic E-state index is 0.0442. The Morgan fingerprint density at radius 3 is 2.42 bits per heavy atom. The van der Waals surface area contributed by atoms with Gasteiger partial charge >= 0.3 is 5.69 Å². The minimum Gasteiger partial charge on any atom is -0.493 e. The summed E-state index contributed by atoms with van der Waals surface area (Å²) in [5, 5.41) is 2.93. The predicted molar refractivity (Wildman–Crippen MR) is 150 cm³/mol. The molecule has 1 aromatic heterocycles. The predicted octanol–water partition coefficient (Wildman–Crippen LogP) is 6.16. The number of fused-ring (bicyclic) bond motifs is 1. The van der Waals surface area contributed by atoms with Crippen LogP contribution < -0.4 is 20.5 Å². The Morgan fingerprint density at radius 2 is 1.73 bits per heavy atom. The molecule has 5 rings (SSSR count). The van der Waals surface area contributed by atoms with E-state index < -0.39 is 23.2 Å². The van der Waals surface area contributed by atoms with Crippen LogP contribution in [0, 0.1) is 11.6 Å². The third kappa shape index (κ3) is 5.41. The Bertz CT molecular complexity index is 1770. The number of carbonyl (C=O) groups is 1. The van der Waals surface area contributed by atoms with Crippen molar-refractivity contribution in [3.63, 3.8) is 0 Å². The fraction of sp³-hybridized carbons (Fsp3) is 0.133. The maximum atomic E-state index is 15.4. The molecule has 1 amide bonds. The SMILES string of the molecule is COc1cc(-c2cc(Cl)cc3c2n(C)c(=O)n3CC(=O)Nc2ccc(F)cc2)cc(F)c1OCc1ccccc1. The zero-order valence-electron chi connectivity index (χ0n) is 21.6. The molecular weight excluding hydrogens is 540 g/mol. The van der Waals surface area contributed by atoms with E-state index in [1.807, 2.05) is 30.3 Å². The number of hydrogen-bond acceptors (Lipinski definition) is 4. The molecular formula is C30H24ClF2N3O4. The number of imidazole rings is 1. The van der Waals surface area contributed by atoms with Crippen LogP contribution in [0.25, 0.3) is 22.2 Å². The number of benzene rings is 4. The first-order valence-corrected chi connectivity index (χ1v) is 12.6. The van der Waals surface area contributed by atoms with Crippen LogP contribution in [-0.4, -0.2) is 22.2 Å². The van der Waals surface area contributed by atoms with Crippen LogP contribution in [-0.2, 0) is 25.0 Å². The number of carbonyl (C=O) groups excluding carboxylic acids is 1. The lowest BCUT2D eigenvalue weighted by Crippen LogP contribution is -2.28. The lowest BCUT2D eigenvalue weighted by molar-refractivity contribution is -0.116. The van der Waals surface area contributed by atoms with E-state index in [1.165, 1.54) is 46.6 Å². The summed E-state index contributed by atoms with van der Waals surface area (Å²) in [5.74, 6) is -1.45. The van der Waals surface area contributed by atoms with E-state index in [1.54, 1.807) is 25.2 Å². The average molecular weight is 564 g/mol. The van der Waals surface area contributed by atoms with Crippen LogP contribution >= 0.6 is 11.6 Å². The van der Waals surface area contributed by atoms with Gasteiger partial charge in [-0.3, -0.25) is 13.9 Å². The Labute approximate surface area is 233 Å². The minimum atomic E-state index is -0.651. The Balaban J connectivity index is 1.52. The molecule has 0 aliphatic heterocycles. The quantitative estimate of drug-likeness (QED) is 0.245. The van der Waals surface area contributed by atoms with Crippen LogP contribution in [0.15, 0.2) is 83.7 Å². The van der Waals surface area contributed by atoms with Crippen LogP contribution in [0.4, 0.5) is 14.5 Å². The van der Waals surface area contributed by atoms with Gasteiger partial charge in [-0.15, -0.1) is 0 Å². The summed E-state index contributed by atoms with van der Waals surface area (Å²) >= 11 is 6.44. The number of hydrogen-bond donors (Lipinski definition) is 1. The van der Waals surface area contributed by atoms with Crippen molar-refractivity contribution in [1.82, 2.24) is 9.13 Å². The second kappa shape index (κ2) is 11.2. The van der Waals surface area contributed by atoms with Gasteiger partial charge < -0.3 is 14.8 Å². The number of aryl methyl sites for hydroxylation is 1. The highest BCUT2D eigenvalue weighted by molar-refractivity contribution is 6.31. The number of amides is 1. The maximum Gasteiger partial charge on any atom is 0.329 e. The summed E-state index contributed by atoms with van der Waals surface area (Å²) in [6.07, 6.45) is 0. The van der Waals surface area contributed by atoms with Crippen LogP contribution in [0.3, 0.4) is 0 Å². The summed E-state index contributed by atoms with van der Waals surface area (Å²) in [6, 6.07) is 20.7. The van der Waals surface area contributed by atoms with E-state index in [0.717, 1.165) is 5.56 Å². The molecule has 1 N–H and O–H groups in total. The highest BCUT2D eigenvalue weighted by Gasteiger charge is 2.21. The molecule has 0 spiro atoms. The summed E-state index contributed by atoms with van der Waals surface area (Å²) < 4.78 is 42.4. The molecule has 0 fully saturated rings. The van der Waals surface area contributed by atoms with Gasteiger partial charge in [-0.25, -0.2) is 13.6 Å². The first kappa shape index (κ1) is 27.0. The van der Waals surface area contributed by atoms with Crippen LogP contribution in [0.5, 0.6) is 11.5 Å². The molecule has 0 unspecified atom stereocenters. The van der Waals surface area contributed by atoms with E-state index in [0.29, 0.717) is 27.8 Å². The highest BCUT2D eigenvalue weighted by atomic mass is 35.5. The third-order valence-electron chi connectivity index (χ3n) is 6.39. The van der Waals surface area contributed by atoms with E-state index >= 15 is 4.39 Å². The first-order chi connectivity index (χ1) is 19.2. The molecule has 1 heterocycles. The summed E-state index contributed by atoms with van der Waals surface area (Å²) in [6.45, 7) is -0.177. The van der Waals surface area contributed by atoms with E-state index in [-0.39, 0.29) is 29.7 Å². The average Bonchev–Trinajstić information content (AvgIpc) is 3.17. The van der Waals surface area contributed by atoms with E-state index in [2.05, 4.69) is 5.32 Å². The van der Waals surface area contributed by atoms with Gasteiger partial charge in [-0.1, -0.05) is 41.9 Å². The van der Waals surface area contributed by atoms with Gasteiger partial charge in [0.1, 0.15) is 19.0 Å². The standard InChI is InChI=1S/C30H24ClF2N3O4/c1-35-28-23(19-12-24(33)29(26(13-19)39-2)40-17-18-6-4-3-5-7-18)14-20(31)15-25(28)36(30(35)38)16-27(37)34-22-10-8-21(32)9-11-22/h3-15H,16-17H2,1-2H3,(H,34,37). The second-order valence-corrected chi connectivity index (χ2v) is 9.50. The number of methoxy groups -OCH3 is 1. The van der Waals surface area contributed by atoms with Gasteiger partial charge in [0.05, 0.1) is 18.1 Å². The topological polar surface area (TPSA) is 74.5 Å². The summed E-state index contributed by atoms with van der Waals surface area (Å²) in [4.78, 5) is 26.0.